The molecule has 9 aromatic carbocycles. The molecule has 0 spiro atoms. The minimum absolute atomic E-state index is 0.220. The lowest BCUT2D eigenvalue weighted by Gasteiger charge is -2.09. The van der Waals surface area contributed by atoms with E-state index in [1.807, 2.05) is 144 Å². The fourth-order valence-corrected chi connectivity index (χ4v) is 16.5. The fraction of sp³-hybridized carbons (Fsp3) is 0.214. The highest BCUT2D eigenvalue weighted by atomic mass is 16.3. The summed E-state index contributed by atoms with van der Waals surface area (Å²) < 4.78 is 151. The molecule has 0 unspecified atom stereocenters. The van der Waals surface area contributed by atoms with E-state index in [9.17, 15) is 0 Å². The molecule has 0 atom stereocenters. The predicted molar refractivity (Wildman–Crippen MR) is 470 cm³/mol. The van der Waals surface area contributed by atoms with Crippen molar-refractivity contribution in [1.82, 2.24) is 15.0 Å². The van der Waals surface area contributed by atoms with Crippen LogP contribution in [0.4, 0.5) is 0 Å². The average Bonchev–Trinajstić information content (AvgIpc) is 1.58. The van der Waals surface area contributed by atoms with Crippen molar-refractivity contribution in [3.05, 3.63) is 289 Å². The summed E-state index contributed by atoms with van der Waals surface area (Å²) in [7, 11) is 7.45. The minimum atomic E-state index is -2.35. The summed E-state index contributed by atoms with van der Waals surface area (Å²) in [5.41, 5.74) is 29.7. The van der Waals surface area contributed by atoms with Crippen LogP contribution < -0.4 is 18.3 Å². The second-order valence-corrected chi connectivity index (χ2v) is 31.2. The molecule has 11 nitrogen and oxygen atoms in total. The van der Waals surface area contributed by atoms with E-state index in [-0.39, 0.29) is 11.1 Å². The Hall–Kier alpha value is -12.7. The number of rotatable bonds is 4. The number of furan rings is 4. The number of pyridine rings is 7. The predicted octanol–water partition coefficient (Wildman–Crippen LogP) is 24.7. The Balaban J connectivity index is 0.000000121. The molecular formula is C103H97N7O4+4. The van der Waals surface area contributed by atoms with Gasteiger partial charge in [-0.1, -0.05) is 60.7 Å². The van der Waals surface area contributed by atoms with Crippen LogP contribution in [0.25, 0.3) is 176 Å². The highest BCUT2D eigenvalue weighted by Crippen LogP contribution is 2.44. The third-order valence-corrected chi connectivity index (χ3v) is 22.9. The van der Waals surface area contributed by atoms with Crippen molar-refractivity contribution in [3.8, 4) is 45.0 Å². The van der Waals surface area contributed by atoms with Gasteiger partial charge in [0.25, 0.3) is 0 Å². The van der Waals surface area contributed by atoms with Crippen molar-refractivity contribution in [1.29, 1.82) is 0 Å². The summed E-state index contributed by atoms with van der Waals surface area (Å²) >= 11 is 0. The molecular weight excluding hydrogens is 1400 g/mol. The van der Waals surface area contributed by atoms with Gasteiger partial charge in [-0.15, -0.1) is 0 Å². The van der Waals surface area contributed by atoms with Crippen molar-refractivity contribution in [2.45, 2.75) is 124 Å². The second-order valence-electron chi connectivity index (χ2n) is 31.2. The Labute approximate surface area is 686 Å². The standard InChI is InChI=1S/3C26H25N2O.C25H22NO/c1-14-10-22(28(6)13-17(14)4)25-16(3)9-15(2)24-20-12-21-19(8-7-18(5)27-21)11-23(20)29-26(24)25;1-14-7-8-20-21-12-22-19(9-16(3)18(5)27-22)11-24(21)29-26(20)25(14)23-10-15(2)17(4)13-28(23)6;1-14-7-8-19-21-11-22-20(16(3)9-18(5)27-22)12-24(21)29-26(19)25(14)23-10-15(2)17(4)13-28(23)6;1-15-9-23(26(4)14-17(15)3)20-13-22-21-11-18-7-5-6-8-19(18)12-25(21)27-24(22)10-16(20)2/h3*7-13H,1-6H3;5-14H,1-4H3/q4*+1/i2D3,4D3;2*4D3;3D3. The third kappa shape index (κ3) is 12.8. The molecule has 0 aliphatic carbocycles. The number of hydrogen-bond acceptors (Lipinski definition) is 7. The van der Waals surface area contributed by atoms with Crippen LogP contribution >= 0.6 is 0 Å². The summed E-state index contributed by atoms with van der Waals surface area (Å²) in [5, 5.41) is 12.9. The first-order valence-electron chi connectivity index (χ1n) is 45.7. The monoisotopic (exact) mass is 1510 g/mol. The summed E-state index contributed by atoms with van der Waals surface area (Å²) in [6, 6.07) is 54.8. The van der Waals surface area contributed by atoms with Gasteiger partial charge in [0.2, 0.25) is 22.8 Å². The lowest BCUT2D eigenvalue weighted by atomic mass is 9.95. The fourth-order valence-electron chi connectivity index (χ4n) is 16.5. The quantitative estimate of drug-likeness (QED) is 0.162. The zero-order chi connectivity index (χ0) is 92.5. The van der Waals surface area contributed by atoms with E-state index in [1.165, 1.54) is 10.9 Å². The lowest BCUT2D eigenvalue weighted by Crippen LogP contribution is -2.31. The van der Waals surface area contributed by atoms with Gasteiger partial charge in [-0.2, -0.15) is 0 Å². The van der Waals surface area contributed by atoms with Crippen molar-refractivity contribution in [2.75, 3.05) is 0 Å². The Bertz CT molecular complexity index is 8140. The number of hydrogen-bond donors (Lipinski definition) is 0. The third-order valence-electron chi connectivity index (χ3n) is 22.9. The molecule has 11 heterocycles. The Kier molecular flexibility index (Phi) is 14.4. The molecule has 20 rings (SSSR count). The molecule has 0 saturated carbocycles. The molecule has 0 aliphatic rings. The van der Waals surface area contributed by atoms with E-state index >= 15 is 0 Å². The van der Waals surface area contributed by atoms with Crippen molar-refractivity contribution < 1.29 is 56.5 Å². The number of nitrogens with zero attached hydrogens (tertiary/aromatic N) is 7. The number of aromatic nitrogens is 7. The number of benzene rings is 9. The molecule has 11 heteroatoms. The SMILES string of the molecule is [2H]C([2H])([2H])c1c[n+](C)c(-c2c(C)cc(C([2H])([2H])[2H])c3c2oc2cc4ccc(C)nc4cc23)cc1C.[2H]C([2H])([2H])c1c[n+](C)c(-c2c(C)ccc3c2oc2cc4c(C)cc(C)nc4cc23)cc1C.[2H]C([2H])([2H])c1c[n+](C)c(-c2c(C)ccc3c2oc2cc4cc(C)c(C)nc4cc23)cc1C.[2H]C([2H])([2H])c1c[n+](C)c(-c2cc3c(cc2C)oc2cc4ccccc4cc23)cc1C. The van der Waals surface area contributed by atoms with E-state index in [0.29, 0.717) is 44.2 Å². The molecule has 0 N–H and O–H groups in total. The normalized spacial score (nSPS) is 14.3. The number of aryl methyl sites for hydroxylation is 22. The second kappa shape index (κ2) is 28.2. The van der Waals surface area contributed by atoms with Crippen LogP contribution in [0.15, 0.2) is 206 Å². The highest BCUT2D eigenvalue weighted by molar-refractivity contribution is 6.17. The first-order chi connectivity index (χ1) is 60.6. The van der Waals surface area contributed by atoms with E-state index in [0.717, 1.165) is 211 Å². The molecule has 0 fully saturated rings. The average molecular weight is 1510 g/mol. The van der Waals surface area contributed by atoms with Gasteiger partial charge >= 0.3 is 0 Å². The maximum atomic E-state index is 8.22. The molecule has 0 amide bonds. The van der Waals surface area contributed by atoms with Crippen LogP contribution in [0.3, 0.4) is 0 Å². The first-order valence-corrected chi connectivity index (χ1v) is 38.2. The Morgan fingerprint density at radius 1 is 0.263 bits per heavy atom. The van der Waals surface area contributed by atoms with Gasteiger partial charge in [-0.25, -0.2) is 18.3 Å². The van der Waals surface area contributed by atoms with Crippen LogP contribution in [0, 0.1) is 124 Å². The van der Waals surface area contributed by atoms with Gasteiger partial charge in [-0.05, 0) is 275 Å². The van der Waals surface area contributed by atoms with Gasteiger partial charge in [0, 0.05) is 149 Å². The summed E-state index contributed by atoms with van der Waals surface area (Å²) in [4.78, 5) is 14.1. The molecule has 114 heavy (non-hydrogen) atoms. The van der Waals surface area contributed by atoms with E-state index in [1.54, 1.807) is 49.4 Å². The number of fused-ring (bicyclic) bond motifs is 16. The summed E-state index contributed by atoms with van der Waals surface area (Å²) in [6.07, 6.45) is 6.76. The maximum Gasteiger partial charge on any atom is 0.216 e. The maximum absolute atomic E-state index is 8.22. The van der Waals surface area contributed by atoms with E-state index < -0.39 is 34.3 Å². The van der Waals surface area contributed by atoms with Crippen LogP contribution in [0.5, 0.6) is 0 Å². The topological polar surface area (TPSA) is 107 Å². The smallest absolute Gasteiger partial charge is 0.216 e. The molecule has 11 aromatic heterocycles. The molecule has 0 saturated heterocycles. The zero-order valence-electron chi connectivity index (χ0n) is 82.2. The van der Waals surface area contributed by atoms with Gasteiger partial charge in [0.1, 0.15) is 72.9 Å². The van der Waals surface area contributed by atoms with Gasteiger partial charge in [0.15, 0.2) is 24.8 Å². The first kappa shape index (κ1) is 58.2. The summed E-state index contributed by atoms with van der Waals surface area (Å²) in [6.45, 7) is 14.5. The van der Waals surface area contributed by atoms with Crippen molar-refractivity contribution in [3.63, 3.8) is 0 Å². The molecule has 20 aromatic rings. The van der Waals surface area contributed by atoms with Crippen LogP contribution in [0.1, 0.15) is 121 Å². The molecule has 564 valence electrons. The van der Waals surface area contributed by atoms with Gasteiger partial charge in [0.05, 0.1) is 33.2 Å². The Morgan fingerprint density at radius 2 is 0.711 bits per heavy atom. The minimum Gasteiger partial charge on any atom is -0.456 e. The van der Waals surface area contributed by atoms with Crippen LogP contribution in [0.2, 0.25) is 0 Å². The molecule has 0 bridgehead atoms. The zero-order valence-corrected chi connectivity index (χ0v) is 67.2. The Morgan fingerprint density at radius 3 is 1.30 bits per heavy atom. The van der Waals surface area contributed by atoms with Crippen LogP contribution in [-0.4, -0.2) is 15.0 Å². The van der Waals surface area contributed by atoms with Crippen LogP contribution in [-0.2, 0) is 28.2 Å². The van der Waals surface area contributed by atoms with Crippen molar-refractivity contribution >= 4 is 131 Å². The van der Waals surface area contributed by atoms with E-state index in [2.05, 4.69) is 137 Å². The highest BCUT2D eigenvalue weighted by Gasteiger charge is 2.28. The largest absolute Gasteiger partial charge is 0.456 e. The van der Waals surface area contributed by atoms with E-state index in [4.69, 9.17) is 48.2 Å². The molecule has 0 radical (unpaired) electrons. The van der Waals surface area contributed by atoms with Gasteiger partial charge in [-0.3, -0.25) is 15.0 Å². The van der Waals surface area contributed by atoms with Gasteiger partial charge < -0.3 is 17.7 Å². The molecule has 0 aliphatic heterocycles. The lowest BCUT2D eigenvalue weighted by molar-refractivity contribution is -0.660. The summed E-state index contributed by atoms with van der Waals surface area (Å²) in [5.74, 6) is 0. The van der Waals surface area contributed by atoms with Crippen molar-refractivity contribution in [2.24, 2.45) is 28.2 Å².